The van der Waals surface area contributed by atoms with Gasteiger partial charge in [-0.3, -0.25) is 0 Å². The molecule has 0 aliphatic rings. The second-order valence-electron chi connectivity index (χ2n) is 10.2. The molecule has 0 bridgehead atoms. The Labute approximate surface area is 188 Å². The monoisotopic (exact) mass is 446 g/mol. The molecule has 0 aliphatic carbocycles. The number of anilines is 1. The van der Waals surface area contributed by atoms with Crippen LogP contribution in [0.3, 0.4) is 0 Å². The van der Waals surface area contributed by atoms with Crippen LogP contribution in [0.4, 0.5) is 10.2 Å². The number of pyridine rings is 1. The van der Waals surface area contributed by atoms with Crippen LogP contribution in [0.1, 0.15) is 57.4 Å². The summed E-state index contributed by atoms with van der Waals surface area (Å²) in [5, 5.41) is 0.105. The Kier molecular flexibility index (Phi) is 8.06. The summed E-state index contributed by atoms with van der Waals surface area (Å²) in [5.41, 5.74) is 5.08. The molecule has 0 amide bonds. The van der Waals surface area contributed by atoms with E-state index in [1.165, 1.54) is 12.1 Å². The number of ether oxygens (including phenoxy) is 1. The molecule has 0 unspecified atom stereocenters. The van der Waals surface area contributed by atoms with E-state index in [0.717, 1.165) is 33.8 Å². The van der Waals surface area contributed by atoms with Crippen molar-refractivity contribution in [2.75, 3.05) is 26.1 Å². The van der Waals surface area contributed by atoms with E-state index in [4.69, 9.17) is 14.1 Å². The molecule has 1 aromatic heterocycles. The Balaban J connectivity index is 2.81. The van der Waals surface area contributed by atoms with Gasteiger partial charge in [0.1, 0.15) is 11.6 Å². The summed E-state index contributed by atoms with van der Waals surface area (Å²) in [5.74, 6) is 0.843. The largest absolute Gasteiger partial charge is 0.412 e. The van der Waals surface area contributed by atoms with E-state index in [-0.39, 0.29) is 16.8 Å². The molecule has 0 fully saturated rings. The van der Waals surface area contributed by atoms with Gasteiger partial charge in [0.25, 0.3) is 0 Å². The average molecular weight is 447 g/mol. The third kappa shape index (κ3) is 5.73. The summed E-state index contributed by atoms with van der Waals surface area (Å²) in [6.07, 6.45) is 0. The molecule has 0 N–H and O–H groups in total. The number of hydrogen-bond acceptors (Lipinski definition) is 4. The highest BCUT2D eigenvalue weighted by Crippen LogP contribution is 2.41. The number of aromatic nitrogens is 1. The molecular formula is C25H39FN2O2Si. The van der Waals surface area contributed by atoms with Gasteiger partial charge in [0.15, 0.2) is 8.32 Å². The van der Waals surface area contributed by atoms with Crippen LogP contribution in [0, 0.1) is 5.82 Å². The lowest BCUT2D eigenvalue weighted by molar-refractivity contribution is 0.185. The molecule has 1 heterocycles. The van der Waals surface area contributed by atoms with E-state index in [1.54, 1.807) is 7.11 Å². The maximum Gasteiger partial charge on any atom is 0.192 e. The maximum atomic E-state index is 13.7. The highest BCUT2D eigenvalue weighted by Gasteiger charge is 2.37. The van der Waals surface area contributed by atoms with E-state index >= 15 is 0 Å². The van der Waals surface area contributed by atoms with Gasteiger partial charge in [0.2, 0.25) is 0 Å². The lowest BCUT2D eigenvalue weighted by atomic mass is 9.91. The quantitative estimate of drug-likeness (QED) is 0.420. The predicted molar refractivity (Wildman–Crippen MR) is 131 cm³/mol. The van der Waals surface area contributed by atoms with Gasteiger partial charge in [-0.1, -0.05) is 46.8 Å². The van der Waals surface area contributed by atoms with Crippen LogP contribution in [0.15, 0.2) is 24.3 Å². The summed E-state index contributed by atoms with van der Waals surface area (Å²) in [6.45, 7) is 16.5. The van der Waals surface area contributed by atoms with Crippen molar-refractivity contribution in [1.82, 2.24) is 4.98 Å². The summed E-state index contributed by atoms with van der Waals surface area (Å²) in [6, 6.07) is 6.69. The van der Waals surface area contributed by atoms with Crippen LogP contribution in [-0.4, -0.2) is 34.5 Å². The van der Waals surface area contributed by atoms with E-state index in [1.807, 2.05) is 31.1 Å². The standard InChI is InChI=1S/C25H39FN2O2Si/c1-17(2)23-20(16-30-31(9,10)25(3,4)5)22(18-11-13-19(26)14-12-18)21(15-29-8)24(27-23)28(6)7/h11-14,17H,15-16H2,1-10H3. The number of rotatable bonds is 8. The van der Waals surface area contributed by atoms with Crippen LogP contribution >= 0.6 is 0 Å². The van der Waals surface area contributed by atoms with Crippen molar-refractivity contribution in [2.24, 2.45) is 0 Å². The third-order valence-electron chi connectivity index (χ3n) is 6.18. The van der Waals surface area contributed by atoms with Crippen molar-refractivity contribution < 1.29 is 13.6 Å². The second kappa shape index (κ2) is 9.80. The first-order chi connectivity index (χ1) is 14.3. The normalized spacial score (nSPS) is 12.5. The summed E-state index contributed by atoms with van der Waals surface area (Å²) in [7, 11) is 3.70. The fraction of sp³-hybridized carbons (Fsp3) is 0.560. The van der Waals surface area contributed by atoms with Gasteiger partial charge in [-0.05, 0) is 47.3 Å². The van der Waals surface area contributed by atoms with Crippen LogP contribution in [0.25, 0.3) is 11.1 Å². The predicted octanol–water partition coefficient (Wildman–Crippen LogP) is 6.75. The van der Waals surface area contributed by atoms with Crippen LogP contribution < -0.4 is 4.90 Å². The molecule has 1 aromatic carbocycles. The summed E-state index contributed by atoms with van der Waals surface area (Å²) in [4.78, 5) is 7.08. The molecule has 2 aromatic rings. The van der Waals surface area contributed by atoms with Gasteiger partial charge in [0, 0.05) is 32.3 Å². The van der Waals surface area contributed by atoms with Crippen molar-refractivity contribution in [3.05, 3.63) is 46.9 Å². The topological polar surface area (TPSA) is 34.6 Å². The Morgan fingerprint density at radius 3 is 2.06 bits per heavy atom. The Hall–Kier alpha value is -1.76. The van der Waals surface area contributed by atoms with Gasteiger partial charge in [-0.15, -0.1) is 0 Å². The Morgan fingerprint density at radius 1 is 1.03 bits per heavy atom. The second-order valence-corrected chi connectivity index (χ2v) is 15.0. The van der Waals surface area contributed by atoms with Gasteiger partial charge in [-0.25, -0.2) is 9.37 Å². The lowest BCUT2D eigenvalue weighted by Gasteiger charge is -2.37. The SMILES string of the molecule is COCc1c(N(C)C)nc(C(C)C)c(CO[Si](C)(C)C(C)(C)C)c1-c1ccc(F)cc1. The first-order valence-electron chi connectivity index (χ1n) is 10.9. The molecule has 0 saturated carbocycles. The van der Waals surface area contributed by atoms with Gasteiger partial charge >= 0.3 is 0 Å². The molecule has 0 atom stereocenters. The van der Waals surface area contributed by atoms with Crippen molar-refractivity contribution >= 4 is 14.1 Å². The van der Waals surface area contributed by atoms with E-state index in [0.29, 0.717) is 13.2 Å². The number of halogens is 1. The molecule has 6 heteroatoms. The molecule has 4 nitrogen and oxygen atoms in total. The lowest BCUT2D eigenvalue weighted by Crippen LogP contribution is -2.40. The molecule has 0 saturated heterocycles. The molecule has 172 valence electrons. The van der Waals surface area contributed by atoms with Gasteiger partial charge in [-0.2, -0.15) is 0 Å². The molecular weight excluding hydrogens is 407 g/mol. The van der Waals surface area contributed by atoms with Crippen molar-refractivity contribution in [2.45, 2.75) is 71.9 Å². The van der Waals surface area contributed by atoms with Gasteiger partial charge in [0.05, 0.1) is 18.9 Å². The molecule has 0 spiro atoms. The Bertz CT molecular complexity index is 888. The minimum atomic E-state index is -1.98. The average Bonchev–Trinajstić information content (AvgIpc) is 2.66. The summed E-state index contributed by atoms with van der Waals surface area (Å²) < 4.78 is 26.0. The molecule has 31 heavy (non-hydrogen) atoms. The molecule has 0 aliphatic heterocycles. The Morgan fingerprint density at radius 2 is 1.61 bits per heavy atom. The van der Waals surface area contributed by atoms with Crippen molar-refractivity contribution in [3.63, 3.8) is 0 Å². The van der Waals surface area contributed by atoms with Crippen LogP contribution in [0.2, 0.25) is 18.1 Å². The number of methoxy groups -OCH3 is 1. The zero-order valence-corrected chi connectivity index (χ0v) is 21.9. The van der Waals surface area contributed by atoms with Crippen molar-refractivity contribution in [1.29, 1.82) is 0 Å². The minimum absolute atomic E-state index is 0.105. The van der Waals surface area contributed by atoms with Gasteiger partial charge < -0.3 is 14.1 Å². The molecule has 2 rings (SSSR count). The number of nitrogens with zero attached hydrogens (tertiary/aromatic N) is 2. The van der Waals surface area contributed by atoms with Crippen molar-refractivity contribution in [3.8, 4) is 11.1 Å². The zero-order valence-electron chi connectivity index (χ0n) is 20.9. The molecule has 0 radical (unpaired) electrons. The minimum Gasteiger partial charge on any atom is -0.412 e. The summed E-state index contributed by atoms with van der Waals surface area (Å²) >= 11 is 0. The highest BCUT2D eigenvalue weighted by molar-refractivity contribution is 6.74. The highest BCUT2D eigenvalue weighted by atomic mass is 28.4. The van der Waals surface area contributed by atoms with Crippen LogP contribution in [-0.2, 0) is 22.4 Å². The maximum absolute atomic E-state index is 13.7. The smallest absolute Gasteiger partial charge is 0.192 e. The van der Waals surface area contributed by atoms with E-state index < -0.39 is 8.32 Å². The fourth-order valence-electron chi connectivity index (χ4n) is 3.38. The third-order valence-corrected chi connectivity index (χ3v) is 10.7. The van der Waals surface area contributed by atoms with E-state index in [2.05, 4.69) is 47.7 Å². The zero-order chi connectivity index (χ0) is 23.6. The van der Waals surface area contributed by atoms with E-state index in [9.17, 15) is 4.39 Å². The first-order valence-corrected chi connectivity index (χ1v) is 13.8. The van der Waals surface area contributed by atoms with Crippen LogP contribution in [0.5, 0.6) is 0 Å². The fourth-order valence-corrected chi connectivity index (χ4v) is 4.32. The first kappa shape index (κ1) is 25.5. The number of benzene rings is 1. The number of hydrogen-bond donors (Lipinski definition) is 0.